The third-order valence-electron chi connectivity index (χ3n) is 4.93. The summed E-state index contributed by atoms with van der Waals surface area (Å²) in [7, 11) is 1.59. The molecule has 0 aliphatic carbocycles. The molecule has 1 aromatic carbocycles. The number of aromatic amines is 1. The Morgan fingerprint density at radius 3 is 2.85 bits per heavy atom. The van der Waals surface area contributed by atoms with Crippen molar-refractivity contribution in [2.75, 3.05) is 7.11 Å². The lowest BCUT2D eigenvalue weighted by molar-refractivity contribution is 0.151. The molecule has 2 heterocycles. The minimum Gasteiger partial charge on any atom is -0.378 e. The maximum absolute atomic E-state index is 11.9. The summed E-state index contributed by atoms with van der Waals surface area (Å²) in [6.45, 7) is 7.34. The summed E-state index contributed by atoms with van der Waals surface area (Å²) in [6, 6.07) is 10.6. The number of hydrogen-bond donors (Lipinski definition) is 1. The lowest BCUT2D eigenvalue weighted by atomic mass is 9.99. The van der Waals surface area contributed by atoms with Crippen molar-refractivity contribution in [3.05, 3.63) is 76.8 Å². The Kier molecular flexibility index (Phi) is 6.37. The van der Waals surface area contributed by atoms with Crippen LogP contribution in [0.2, 0.25) is 0 Å². The Bertz CT molecular complexity index is 855. The first-order valence-electron chi connectivity index (χ1n) is 9.32. The van der Waals surface area contributed by atoms with E-state index in [2.05, 4.69) is 52.7 Å². The SMILES string of the molecule is C=CC[C@@H]1CC=C[C@@H](C)N1Cc1ccc(-c2nc(COC)cc(=O)[nH]2)cc1. The predicted octanol–water partition coefficient (Wildman–Crippen LogP) is 3.68. The monoisotopic (exact) mass is 365 g/mol. The molecule has 1 aliphatic heterocycles. The Labute approximate surface area is 160 Å². The smallest absolute Gasteiger partial charge is 0.251 e. The Hall–Kier alpha value is -2.50. The summed E-state index contributed by atoms with van der Waals surface area (Å²) in [5.41, 5.74) is 2.59. The fraction of sp³-hybridized carbons (Fsp3) is 0.364. The highest BCUT2D eigenvalue weighted by Gasteiger charge is 2.23. The first kappa shape index (κ1) is 19.3. The third kappa shape index (κ3) is 4.81. The van der Waals surface area contributed by atoms with Gasteiger partial charge in [-0.15, -0.1) is 6.58 Å². The molecule has 142 valence electrons. The molecule has 1 aromatic heterocycles. The Morgan fingerprint density at radius 1 is 1.37 bits per heavy atom. The molecule has 1 N–H and O–H groups in total. The fourth-order valence-electron chi connectivity index (χ4n) is 3.55. The van der Waals surface area contributed by atoms with Crippen molar-refractivity contribution in [2.24, 2.45) is 0 Å². The van der Waals surface area contributed by atoms with Gasteiger partial charge in [-0.1, -0.05) is 42.5 Å². The average molecular weight is 365 g/mol. The largest absolute Gasteiger partial charge is 0.378 e. The number of aromatic nitrogens is 2. The normalized spacial score (nSPS) is 19.9. The van der Waals surface area contributed by atoms with Crippen molar-refractivity contribution >= 4 is 0 Å². The Morgan fingerprint density at radius 2 is 2.15 bits per heavy atom. The predicted molar refractivity (Wildman–Crippen MR) is 108 cm³/mol. The second-order valence-corrected chi connectivity index (χ2v) is 6.97. The summed E-state index contributed by atoms with van der Waals surface area (Å²) in [4.78, 5) is 21.6. The quantitative estimate of drug-likeness (QED) is 0.761. The first-order chi connectivity index (χ1) is 13.1. The van der Waals surface area contributed by atoms with E-state index in [1.54, 1.807) is 7.11 Å². The number of nitrogens with zero attached hydrogens (tertiary/aromatic N) is 2. The molecule has 0 spiro atoms. The van der Waals surface area contributed by atoms with Gasteiger partial charge in [0.25, 0.3) is 5.56 Å². The van der Waals surface area contributed by atoms with Gasteiger partial charge in [0.1, 0.15) is 5.82 Å². The van der Waals surface area contributed by atoms with Crippen molar-refractivity contribution < 1.29 is 4.74 Å². The Balaban J connectivity index is 1.78. The number of rotatable bonds is 7. The molecule has 0 amide bonds. The van der Waals surface area contributed by atoms with Crippen molar-refractivity contribution in [1.29, 1.82) is 0 Å². The molecule has 5 nitrogen and oxygen atoms in total. The van der Waals surface area contributed by atoms with Gasteiger partial charge in [0, 0.05) is 37.4 Å². The summed E-state index contributed by atoms with van der Waals surface area (Å²) < 4.78 is 5.08. The number of nitrogens with one attached hydrogen (secondary N) is 1. The maximum Gasteiger partial charge on any atom is 0.251 e. The van der Waals surface area contributed by atoms with Crippen LogP contribution in [0.5, 0.6) is 0 Å². The summed E-state index contributed by atoms with van der Waals surface area (Å²) >= 11 is 0. The summed E-state index contributed by atoms with van der Waals surface area (Å²) in [5, 5.41) is 0. The number of benzene rings is 1. The van der Waals surface area contributed by atoms with Crippen LogP contribution in [-0.4, -0.2) is 34.1 Å². The molecule has 1 aliphatic rings. The van der Waals surface area contributed by atoms with Crippen molar-refractivity contribution in [3.63, 3.8) is 0 Å². The van der Waals surface area contributed by atoms with Gasteiger partial charge in [-0.05, 0) is 25.3 Å². The first-order valence-corrected chi connectivity index (χ1v) is 9.32. The molecular weight excluding hydrogens is 338 g/mol. The van der Waals surface area contributed by atoms with Gasteiger partial charge in [0.15, 0.2) is 0 Å². The van der Waals surface area contributed by atoms with Gasteiger partial charge < -0.3 is 9.72 Å². The number of hydrogen-bond acceptors (Lipinski definition) is 4. The van der Waals surface area contributed by atoms with E-state index < -0.39 is 0 Å². The number of ether oxygens (including phenoxy) is 1. The number of H-pyrrole nitrogens is 1. The van der Waals surface area contributed by atoms with Crippen LogP contribution >= 0.6 is 0 Å². The molecule has 0 radical (unpaired) electrons. The van der Waals surface area contributed by atoms with Crippen LogP contribution in [0.15, 0.2) is 59.9 Å². The molecule has 0 fully saturated rings. The van der Waals surface area contributed by atoms with Crippen LogP contribution in [0.1, 0.15) is 31.0 Å². The van der Waals surface area contributed by atoms with E-state index in [-0.39, 0.29) is 5.56 Å². The van der Waals surface area contributed by atoms with E-state index in [0.717, 1.165) is 24.9 Å². The summed E-state index contributed by atoms with van der Waals surface area (Å²) in [5.74, 6) is 0.569. The molecule has 2 aromatic rings. The van der Waals surface area contributed by atoms with E-state index in [9.17, 15) is 4.79 Å². The third-order valence-corrected chi connectivity index (χ3v) is 4.93. The zero-order valence-electron chi connectivity index (χ0n) is 16.0. The van der Waals surface area contributed by atoms with Crippen LogP contribution in [0.25, 0.3) is 11.4 Å². The van der Waals surface area contributed by atoms with Crippen molar-refractivity contribution in [2.45, 2.75) is 45.0 Å². The van der Waals surface area contributed by atoms with E-state index in [1.165, 1.54) is 11.6 Å². The zero-order valence-corrected chi connectivity index (χ0v) is 16.0. The van der Waals surface area contributed by atoms with Crippen molar-refractivity contribution in [1.82, 2.24) is 14.9 Å². The van der Waals surface area contributed by atoms with Crippen LogP contribution in [-0.2, 0) is 17.9 Å². The lowest BCUT2D eigenvalue weighted by Crippen LogP contribution is -2.42. The van der Waals surface area contributed by atoms with E-state index in [0.29, 0.717) is 30.2 Å². The topological polar surface area (TPSA) is 58.2 Å². The fourth-order valence-corrected chi connectivity index (χ4v) is 3.55. The van der Waals surface area contributed by atoms with Gasteiger partial charge in [-0.2, -0.15) is 0 Å². The highest BCUT2D eigenvalue weighted by atomic mass is 16.5. The van der Waals surface area contributed by atoms with Gasteiger partial charge in [0.2, 0.25) is 0 Å². The molecule has 2 atom stereocenters. The van der Waals surface area contributed by atoms with Crippen LogP contribution in [0.4, 0.5) is 0 Å². The van der Waals surface area contributed by atoms with Gasteiger partial charge in [-0.25, -0.2) is 4.98 Å². The van der Waals surface area contributed by atoms with Crippen LogP contribution < -0.4 is 5.56 Å². The van der Waals surface area contributed by atoms with Gasteiger partial charge in [-0.3, -0.25) is 9.69 Å². The second kappa shape index (κ2) is 8.93. The van der Waals surface area contributed by atoms with Gasteiger partial charge >= 0.3 is 0 Å². The van der Waals surface area contributed by atoms with Crippen LogP contribution in [0.3, 0.4) is 0 Å². The zero-order chi connectivity index (χ0) is 19.2. The molecule has 0 saturated heterocycles. The van der Waals surface area contributed by atoms with E-state index in [4.69, 9.17) is 4.74 Å². The lowest BCUT2D eigenvalue weighted by Gasteiger charge is -2.37. The highest BCUT2D eigenvalue weighted by molar-refractivity contribution is 5.55. The van der Waals surface area contributed by atoms with E-state index >= 15 is 0 Å². The second-order valence-electron chi connectivity index (χ2n) is 6.97. The van der Waals surface area contributed by atoms with Gasteiger partial charge in [0.05, 0.1) is 12.3 Å². The highest BCUT2D eigenvalue weighted by Crippen LogP contribution is 2.24. The molecule has 0 unspecified atom stereocenters. The summed E-state index contributed by atoms with van der Waals surface area (Å²) in [6.07, 6.45) is 8.59. The molecular formula is C22H27N3O2. The maximum atomic E-state index is 11.9. The molecule has 27 heavy (non-hydrogen) atoms. The standard InChI is InChI=1S/C22H27N3O2/c1-4-6-20-8-5-7-16(2)25(20)14-17-9-11-18(12-10-17)22-23-19(15-27-3)13-21(26)24-22/h4-5,7,9-13,16,20H,1,6,8,14-15H2,2-3H3,(H,23,24,26)/t16-,20-/m1/s1. The molecule has 5 heteroatoms. The average Bonchev–Trinajstić information content (AvgIpc) is 2.65. The van der Waals surface area contributed by atoms with E-state index in [1.807, 2.05) is 18.2 Å². The van der Waals surface area contributed by atoms with Crippen LogP contribution in [0, 0.1) is 0 Å². The van der Waals surface area contributed by atoms with Crippen molar-refractivity contribution in [3.8, 4) is 11.4 Å². The number of methoxy groups -OCH3 is 1. The molecule has 0 saturated carbocycles. The molecule has 0 bridgehead atoms. The molecule has 3 rings (SSSR count). The minimum absolute atomic E-state index is 0.169. The minimum atomic E-state index is -0.169.